The summed E-state index contributed by atoms with van der Waals surface area (Å²) < 4.78 is 0. The van der Waals surface area contributed by atoms with E-state index in [9.17, 15) is 0 Å². The van der Waals surface area contributed by atoms with Gasteiger partial charge in [-0.1, -0.05) is 13.8 Å². The van der Waals surface area contributed by atoms with Crippen molar-refractivity contribution in [3.8, 4) is 0 Å². The average Bonchev–Trinajstić information content (AvgIpc) is 2.01. The molecule has 1 aliphatic rings. The van der Waals surface area contributed by atoms with Crippen LogP contribution in [0.25, 0.3) is 0 Å². The van der Waals surface area contributed by atoms with E-state index in [4.69, 9.17) is 5.73 Å². The predicted molar refractivity (Wildman–Crippen MR) is 61.3 cm³/mol. The third-order valence-electron chi connectivity index (χ3n) is 2.73. The maximum Gasteiger partial charge on any atom is 0.0226 e. The van der Waals surface area contributed by atoms with E-state index in [1.54, 1.807) is 0 Å². The molecule has 1 unspecified atom stereocenters. The highest BCUT2D eigenvalue weighted by Crippen LogP contribution is 2.10. The van der Waals surface area contributed by atoms with Gasteiger partial charge in [0, 0.05) is 37.8 Å². The number of nitrogens with zero attached hydrogens (tertiary/aromatic N) is 1. The van der Waals surface area contributed by atoms with Crippen LogP contribution >= 0.6 is 0 Å². The van der Waals surface area contributed by atoms with Gasteiger partial charge < -0.3 is 11.1 Å². The molecule has 14 heavy (non-hydrogen) atoms. The van der Waals surface area contributed by atoms with Gasteiger partial charge in [-0.2, -0.15) is 0 Å². The maximum atomic E-state index is 6.03. The van der Waals surface area contributed by atoms with Gasteiger partial charge in [-0.05, 0) is 19.8 Å². The molecule has 1 atom stereocenters. The minimum Gasteiger partial charge on any atom is -0.324 e. The summed E-state index contributed by atoms with van der Waals surface area (Å²) in [6, 6.07) is 0.631. The second-order valence-corrected chi connectivity index (χ2v) is 5.53. The molecule has 0 radical (unpaired) electrons. The standard InChI is InChI=1S/C11H25N3/c1-9(2)10-7-14(6-5-13-10)8-11(3,4)12/h9-10,13H,5-8,12H2,1-4H3. The van der Waals surface area contributed by atoms with Crippen LogP contribution in [0, 0.1) is 5.92 Å². The SMILES string of the molecule is CC(C)C1CN(CC(C)(C)N)CCN1. The van der Waals surface area contributed by atoms with Crippen molar-refractivity contribution in [3.63, 3.8) is 0 Å². The van der Waals surface area contributed by atoms with Crippen molar-refractivity contribution in [2.75, 3.05) is 26.2 Å². The summed E-state index contributed by atoms with van der Waals surface area (Å²) in [5, 5.41) is 3.55. The van der Waals surface area contributed by atoms with Crippen LogP contribution in [0.4, 0.5) is 0 Å². The lowest BCUT2D eigenvalue weighted by molar-refractivity contribution is 0.151. The fourth-order valence-electron chi connectivity index (χ4n) is 2.01. The molecule has 3 N–H and O–H groups in total. The van der Waals surface area contributed by atoms with Gasteiger partial charge in [-0.3, -0.25) is 4.90 Å². The number of piperazine rings is 1. The predicted octanol–water partition coefficient (Wildman–Crippen LogP) is 0.654. The Labute approximate surface area is 88.0 Å². The maximum absolute atomic E-state index is 6.03. The minimum absolute atomic E-state index is 0.0706. The molecule has 0 spiro atoms. The van der Waals surface area contributed by atoms with Crippen LogP contribution in [-0.4, -0.2) is 42.7 Å². The zero-order valence-corrected chi connectivity index (χ0v) is 10.0. The molecular weight excluding hydrogens is 174 g/mol. The highest BCUT2D eigenvalue weighted by Gasteiger charge is 2.24. The van der Waals surface area contributed by atoms with E-state index >= 15 is 0 Å². The van der Waals surface area contributed by atoms with Crippen LogP contribution in [0.1, 0.15) is 27.7 Å². The van der Waals surface area contributed by atoms with Crippen molar-refractivity contribution in [1.82, 2.24) is 10.2 Å². The molecule has 84 valence electrons. The molecule has 3 nitrogen and oxygen atoms in total. The lowest BCUT2D eigenvalue weighted by Crippen LogP contribution is -2.57. The Bertz CT molecular complexity index is 172. The first-order valence-corrected chi connectivity index (χ1v) is 5.63. The fourth-order valence-corrected chi connectivity index (χ4v) is 2.01. The van der Waals surface area contributed by atoms with Crippen LogP contribution < -0.4 is 11.1 Å². The Morgan fingerprint density at radius 1 is 1.50 bits per heavy atom. The molecule has 0 saturated carbocycles. The number of hydrogen-bond donors (Lipinski definition) is 2. The second kappa shape index (κ2) is 4.60. The van der Waals surface area contributed by atoms with Gasteiger partial charge in [0.05, 0.1) is 0 Å². The molecule has 1 aliphatic heterocycles. The van der Waals surface area contributed by atoms with Crippen molar-refractivity contribution < 1.29 is 0 Å². The Hall–Kier alpha value is -0.120. The molecule has 0 aromatic heterocycles. The quantitative estimate of drug-likeness (QED) is 0.701. The van der Waals surface area contributed by atoms with Crippen LogP contribution in [0.15, 0.2) is 0 Å². The first kappa shape index (κ1) is 12.0. The van der Waals surface area contributed by atoms with Crippen molar-refractivity contribution in [3.05, 3.63) is 0 Å². The van der Waals surface area contributed by atoms with Crippen LogP contribution in [0.3, 0.4) is 0 Å². The second-order valence-electron chi connectivity index (χ2n) is 5.53. The molecule has 1 saturated heterocycles. The van der Waals surface area contributed by atoms with Crippen molar-refractivity contribution in [2.24, 2.45) is 11.7 Å². The van der Waals surface area contributed by atoms with E-state index in [-0.39, 0.29) is 5.54 Å². The molecule has 1 heterocycles. The molecule has 1 rings (SSSR count). The molecule has 1 fully saturated rings. The monoisotopic (exact) mass is 199 g/mol. The number of nitrogens with one attached hydrogen (secondary N) is 1. The molecular formula is C11H25N3. The van der Waals surface area contributed by atoms with Gasteiger partial charge >= 0.3 is 0 Å². The van der Waals surface area contributed by atoms with Crippen LogP contribution in [0.5, 0.6) is 0 Å². The molecule has 0 aliphatic carbocycles. The molecule has 0 amide bonds. The van der Waals surface area contributed by atoms with Gasteiger partial charge in [0.2, 0.25) is 0 Å². The third kappa shape index (κ3) is 3.95. The summed E-state index contributed by atoms with van der Waals surface area (Å²) in [7, 11) is 0. The summed E-state index contributed by atoms with van der Waals surface area (Å²) in [5.41, 5.74) is 5.96. The lowest BCUT2D eigenvalue weighted by Gasteiger charge is -2.38. The fraction of sp³-hybridized carbons (Fsp3) is 1.00. The topological polar surface area (TPSA) is 41.3 Å². The zero-order valence-electron chi connectivity index (χ0n) is 10.0. The van der Waals surface area contributed by atoms with Gasteiger partial charge in [0.25, 0.3) is 0 Å². The van der Waals surface area contributed by atoms with Gasteiger partial charge in [0.1, 0.15) is 0 Å². The first-order valence-electron chi connectivity index (χ1n) is 5.63. The van der Waals surface area contributed by atoms with E-state index in [1.807, 2.05) is 0 Å². The Kier molecular flexibility index (Phi) is 3.93. The van der Waals surface area contributed by atoms with E-state index in [1.165, 1.54) is 0 Å². The van der Waals surface area contributed by atoms with Crippen LogP contribution in [-0.2, 0) is 0 Å². The highest BCUT2D eigenvalue weighted by atomic mass is 15.2. The summed E-state index contributed by atoms with van der Waals surface area (Å²) in [6.45, 7) is 13.1. The largest absolute Gasteiger partial charge is 0.324 e. The number of nitrogens with two attached hydrogens (primary N) is 1. The van der Waals surface area contributed by atoms with Gasteiger partial charge in [0.15, 0.2) is 0 Å². The summed E-state index contributed by atoms with van der Waals surface area (Å²) in [4.78, 5) is 2.47. The number of hydrogen-bond acceptors (Lipinski definition) is 3. The zero-order chi connectivity index (χ0) is 10.8. The third-order valence-corrected chi connectivity index (χ3v) is 2.73. The van der Waals surface area contributed by atoms with E-state index < -0.39 is 0 Å². The van der Waals surface area contributed by atoms with E-state index in [0.29, 0.717) is 12.0 Å². The van der Waals surface area contributed by atoms with E-state index in [2.05, 4.69) is 37.9 Å². The Balaban J connectivity index is 2.40. The molecule has 0 aromatic carbocycles. The van der Waals surface area contributed by atoms with Crippen molar-refractivity contribution in [1.29, 1.82) is 0 Å². The van der Waals surface area contributed by atoms with Gasteiger partial charge in [-0.15, -0.1) is 0 Å². The smallest absolute Gasteiger partial charge is 0.0226 e. The summed E-state index contributed by atoms with van der Waals surface area (Å²) in [6.07, 6.45) is 0. The Morgan fingerprint density at radius 3 is 2.64 bits per heavy atom. The summed E-state index contributed by atoms with van der Waals surface area (Å²) >= 11 is 0. The Morgan fingerprint density at radius 2 is 2.14 bits per heavy atom. The number of rotatable bonds is 3. The average molecular weight is 199 g/mol. The minimum atomic E-state index is -0.0706. The van der Waals surface area contributed by atoms with Crippen molar-refractivity contribution in [2.45, 2.75) is 39.3 Å². The van der Waals surface area contributed by atoms with Crippen LogP contribution in [0.2, 0.25) is 0 Å². The molecule has 0 aromatic rings. The van der Waals surface area contributed by atoms with E-state index in [0.717, 1.165) is 26.2 Å². The normalized spacial score (nSPS) is 25.7. The highest BCUT2D eigenvalue weighted by molar-refractivity contribution is 4.85. The van der Waals surface area contributed by atoms with Gasteiger partial charge in [-0.25, -0.2) is 0 Å². The molecule has 3 heteroatoms. The summed E-state index contributed by atoms with van der Waals surface area (Å²) in [5.74, 6) is 0.707. The molecule has 0 bridgehead atoms. The lowest BCUT2D eigenvalue weighted by atomic mass is 10.00. The first-order chi connectivity index (χ1) is 6.38. The van der Waals surface area contributed by atoms with Crippen molar-refractivity contribution >= 4 is 0 Å².